The molecule has 10 nitrogen and oxygen atoms in total. The fourth-order valence-corrected chi connectivity index (χ4v) is 3.50. The van der Waals surface area contributed by atoms with E-state index in [-0.39, 0.29) is 12.5 Å². The summed E-state index contributed by atoms with van der Waals surface area (Å²) in [7, 11) is 0. The monoisotopic (exact) mass is 462 g/mol. The highest BCUT2D eigenvalue weighted by Crippen LogP contribution is 2.31. The van der Waals surface area contributed by atoms with Crippen molar-refractivity contribution in [2.45, 2.75) is 51.8 Å². The lowest BCUT2D eigenvalue weighted by molar-refractivity contribution is -0.155. The van der Waals surface area contributed by atoms with E-state index < -0.39 is 40.7 Å². The highest BCUT2D eigenvalue weighted by molar-refractivity contribution is 8.14. The Labute approximate surface area is 187 Å². The molecule has 1 N–H and O–H groups in total. The summed E-state index contributed by atoms with van der Waals surface area (Å²) < 4.78 is 19.3. The molecule has 1 aliphatic rings. The number of thioether (sulfide) groups is 1. The molecule has 0 spiro atoms. The van der Waals surface area contributed by atoms with Crippen LogP contribution in [0, 0.1) is 5.92 Å². The molecule has 0 bridgehead atoms. The first-order valence-corrected chi connectivity index (χ1v) is 11.1. The lowest BCUT2D eigenvalue weighted by Gasteiger charge is -2.31. The molecule has 0 radical (unpaired) electrons. The smallest absolute Gasteiger partial charge is 0.370 e. The Morgan fingerprint density at radius 1 is 1.06 bits per heavy atom. The van der Waals surface area contributed by atoms with Crippen LogP contribution in [-0.2, 0) is 33.3 Å². The maximum atomic E-state index is 12.6. The van der Waals surface area contributed by atoms with E-state index in [0.717, 1.165) is 19.6 Å². The largest absolute Gasteiger partial charge is 0.464 e. The number of amides is 1. The van der Waals surface area contributed by atoms with E-state index in [9.17, 15) is 19.2 Å². The van der Waals surface area contributed by atoms with Crippen molar-refractivity contribution in [2.75, 3.05) is 46.2 Å². The quantitative estimate of drug-likeness (QED) is 0.275. The van der Waals surface area contributed by atoms with Crippen LogP contribution in [0.5, 0.6) is 0 Å². The van der Waals surface area contributed by atoms with Crippen LogP contribution in [0.3, 0.4) is 0 Å². The van der Waals surface area contributed by atoms with Gasteiger partial charge in [-0.25, -0.2) is 9.59 Å². The average molecular weight is 463 g/mol. The van der Waals surface area contributed by atoms with Crippen LogP contribution in [0.2, 0.25) is 0 Å². The van der Waals surface area contributed by atoms with Gasteiger partial charge >= 0.3 is 17.2 Å². The lowest BCUT2D eigenvalue weighted by atomic mass is 10.0. The van der Waals surface area contributed by atoms with Gasteiger partial charge in [0, 0.05) is 26.6 Å². The van der Waals surface area contributed by atoms with Crippen molar-refractivity contribution in [2.24, 2.45) is 5.92 Å². The standard InChI is InChI=1S/C20H34N2O8S/c1-14(2)17(24)29-13-30-19(26)31-20(4,5)16(21-15(3)23)18(25)28-10-6-7-22-8-11-27-12-9-22/h14,16H,6-13H2,1-5H3,(H,21,23)/t16-/m0/s1. The summed E-state index contributed by atoms with van der Waals surface area (Å²) in [6.45, 7) is 11.4. The Kier molecular flexibility index (Phi) is 11.9. The van der Waals surface area contributed by atoms with Crippen LogP contribution in [0.1, 0.15) is 41.0 Å². The molecule has 1 atom stereocenters. The van der Waals surface area contributed by atoms with Crippen LogP contribution in [0.25, 0.3) is 0 Å². The number of carbonyl (C=O) groups is 4. The summed E-state index contributed by atoms with van der Waals surface area (Å²) in [6, 6.07) is -1.07. The minimum absolute atomic E-state index is 0.197. The van der Waals surface area contributed by atoms with E-state index in [1.807, 2.05) is 0 Å². The number of rotatable bonds is 11. The second-order valence-corrected chi connectivity index (χ2v) is 9.53. The summed E-state index contributed by atoms with van der Waals surface area (Å²) in [4.78, 5) is 50.0. The molecule has 11 heteroatoms. The maximum absolute atomic E-state index is 12.6. The molecule has 0 saturated carbocycles. The van der Waals surface area contributed by atoms with Gasteiger partial charge in [-0.15, -0.1) is 0 Å². The Bertz CT molecular complexity index is 620. The zero-order valence-corrected chi connectivity index (χ0v) is 19.7. The number of ether oxygens (including phenoxy) is 4. The number of nitrogens with one attached hydrogen (secondary N) is 1. The van der Waals surface area contributed by atoms with Crippen LogP contribution in [0.4, 0.5) is 4.79 Å². The molecular formula is C20H34N2O8S. The topological polar surface area (TPSA) is 120 Å². The average Bonchev–Trinajstić information content (AvgIpc) is 2.69. The summed E-state index contributed by atoms with van der Waals surface area (Å²) in [6.07, 6.45) is 0.648. The van der Waals surface area contributed by atoms with Gasteiger partial charge in [0.05, 0.1) is 30.5 Å². The van der Waals surface area contributed by atoms with Crippen LogP contribution in [-0.4, -0.2) is 85.1 Å². The molecule has 178 valence electrons. The van der Waals surface area contributed by atoms with Crippen LogP contribution >= 0.6 is 11.8 Å². The van der Waals surface area contributed by atoms with Gasteiger partial charge < -0.3 is 24.3 Å². The van der Waals surface area contributed by atoms with E-state index in [1.165, 1.54) is 6.92 Å². The van der Waals surface area contributed by atoms with Crippen molar-refractivity contribution in [3.05, 3.63) is 0 Å². The summed E-state index contributed by atoms with van der Waals surface area (Å²) in [5.74, 6) is -1.89. The molecule has 1 rings (SSSR count). The third kappa shape index (κ3) is 10.8. The van der Waals surface area contributed by atoms with Crippen molar-refractivity contribution >= 4 is 34.9 Å². The second kappa shape index (κ2) is 13.5. The van der Waals surface area contributed by atoms with E-state index in [4.69, 9.17) is 18.9 Å². The van der Waals surface area contributed by atoms with Gasteiger partial charge in [-0.1, -0.05) is 13.8 Å². The van der Waals surface area contributed by atoms with E-state index in [2.05, 4.69) is 10.2 Å². The van der Waals surface area contributed by atoms with E-state index in [1.54, 1.807) is 27.7 Å². The molecule has 1 aliphatic heterocycles. The minimum Gasteiger partial charge on any atom is -0.464 e. The molecule has 0 aromatic rings. The number of hydrogen-bond acceptors (Lipinski definition) is 10. The molecule has 0 aliphatic carbocycles. The van der Waals surface area contributed by atoms with Crippen molar-refractivity contribution < 1.29 is 38.1 Å². The first-order valence-electron chi connectivity index (χ1n) is 10.3. The molecule has 0 unspecified atom stereocenters. The molecule has 1 heterocycles. The van der Waals surface area contributed by atoms with Gasteiger partial charge in [-0.3, -0.25) is 14.5 Å². The van der Waals surface area contributed by atoms with Gasteiger partial charge in [0.25, 0.3) is 0 Å². The number of hydrogen-bond donors (Lipinski definition) is 1. The second-order valence-electron chi connectivity index (χ2n) is 7.94. The minimum atomic E-state index is -1.07. The van der Waals surface area contributed by atoms with Crippen molar-refractivity contribution in [3.8, 4) is 0 Å². The van der Waals surface area contributed by atoms with E-state index >= 15 is 0 Å². The number of esters is 2. The van der Waals surface area contributed by atoms with Crippen LogP contribution < -0.4 is 5.32 Å². The lowest BCUT2D eigenvalue weighted by Crippen LogP contribution is -2.53. The van der Waals surface area contributed by atoms with Crippen molar-refractivity contribution in [1.82, 2.24) is 10.2 Å². The number of carbonyl (C=O) groups excluding carboxylic acids is 4. The van der Waals surface area contributed by atoms with Gasteiger partial charge in [0.2, 0.25) is 12.7 Å². The van der Waals surface area contributed by atoms with Gasteiger partial charge in [-0.2, -0.15) is 0 Å². The predicted molar refractivity (Wildman–Crippen MR) is 114 cm³/mol. The highest BCUT2D eigenvalue weighted by atomic mass is 32.2. The van der Waals surface area contributed by atoms with E-state index in [0.29, 0.717) is 31.4 Å². The van der Waals surface area contributed by atoms with Gasteiger partial charge in [-0.05, 0) is 32.0 Å². The summed E-state index contributed by atoms with van der Waals surface area (Å²) >= 11 is 0.712. The van der Waals surface area contributed by atoms with Gasteiger partial charge in [0.15, 0.2) is 0 Å². The number of morpholine rings is 1. The molecule has 1 fully saturated rings. The molecular weight excluding hydrogens is 428 g/mol. The Hall–Kier alpha value is -1.85. The maximum Gasteiger partial charge on any atom is 0.370 e. The number of nitrogens with zero attached hydrogens (tertiary/aromatic N) is 1. The Morgan fingerprint density at radius 3 is 2.29 bits per heavy atom. The third-order valence-electron chi connectivity index (χ3n) is 4.44. The normalized spacial score (nSPS) is 15.8. The summed E-state index contributed by atoms with van der Waals surface area (Å²) in [5.41, 5.74) is 0. The Balaban J connectivity index is 2.53. The van der Waals surface area contributed by atoms with Crippen LogP contribution in [0.15, 0.2) is 0 Å². The summed E-state index contributed by atoms with van der Waals surface area (Å²) in [5, 5.41) is 1.81. The Morgan fingerprint density at radius 2 is 1.71 bits per heavy atom. The fraction of sp³-hybridized carbons (Fsp3) is 0.800. The molecule has 0 aromatic carbocycles. The van der Waals surface area contributed by atoms with Gasteiger partial charge in [0.1, 0.15) is 6.04 Å². The zero-order valence-electron chi connectivity index (χ0n) is 18.9. The zero-order chi connectivity index (χ0) is 23.4. The molecule has 1 saturated heterocycles. The molecule has 0 aromatic heterocycles. The first-order chi connectivity index (χ1) is 14.5. The van der Waals surface area contributed by atoms with Crippen molar-refractivity contribution in [3.63, 3.8) is 0 Å². The molecule has 1 amide bonds. The van der Waals surface area contributed by atoms with Crippen molar-refractivity contribution in [1.29, 1.82) is 0 Å². The third-order valence-corrected chi connectivity index (χ3v) is 5.49. The fourth-order valence-electron chi connectivity index (χ4n) is 2.69. The highest BCUT2D eigenvalue weighted by Gasteiger charge is 2.40. The SMILES string of the molecule is CC(=O)N[C@@H](C(=O)OCCCN1CCOCC1)C(C)(C)SC(=O)OCOC(=O)C(C)C. The molecule has 31 heavy (non-hydrogen) atoms. The predicted octanol–water partition coefficient (Wildman–Crippen LogP) is 1.56. The first kappa shape index (κ1) is 27.2.